The van der Waals surface area contributed by atoms with Crippen molar-refractivity contribution in [3.05, 3.63) is 29.8 Å². The molecule has 2 fully saturated rings. The molecule has 1 spiro atoms. The molecule has 1 saturated heterocycles. The average molecular weight is 328 g/mol. The Morgan fingerprint density at radius 1 is 1.33 bits per heavy atom. The van der Waals surface area contributed by atoms with Crippen LogP contribution in [0.1, 0.15) is 57.1 Å². The van der Waals surface area contributed by atoms with Crippen LogP contribution in [0.25, 0.3) is 0 Å². The highest BCUT2D eigenvalue weighted by atomic mass is 16.5. The SMILES string of the molecule is C[C@@H](CN[C@H]1CC2(CCC2)Oc2ccccc21)CN1CCCC1=O. The smallest absolute Gasteiger partial charge is 0.222 e. The second-order valence-corrected chi connectivity index (χ2v) is 7.89. The molecule has 3 aliphatic rings. The number of hydrogen-bond acceptors (Lipinski definition) is 3. The molecule has 2 atom stereocenters. The van der Waals surface area contributed by atoms with Crippen LogP contribution in [-0.4, -0.2) is 36.0 Å². The lowest BCUT2D eigenvalue weighted by Gasteiger charge is -2.48. The van der Waals surface area contributed by atoms with Crippen LogP contribution in [0, 0.1) is 5.92 Å². The fourth-order valence-corrected chi connectivity index (χ4v) is 4.36. The third-order valence-electron chi connectivity index (χ3n) is 5.88. The Balaban J connectivity index is 1.39. The molecule has 0 bridgehead atoms. The molecule has 1 N–H and O–H groups in total. The van der Waals surface area contributed by atoms with Crippen molar-refractivity contribution in [3.8, 4) is 5.75 Å². The molecule has 0 aromatic heterocycles. The lowest BCUT2D eigenvalue weighted by Crippen LogP contribution is -2.49. The monoisotopic (exact) mass is 328 g/mol. The van der Waals surface area contributed by atoms with E-state index in [0.717, 1.165) is 44.6 Å². The third kappa shape index (κ3) is 3.04. The lowest BCUT2D eigenvalue weighted by atomic mass is 9.73. The quantitative estimate of drug-likeness (QED) is 0.902. The molecule has 2 aliphatic heterocycles. The summed E-state index contributed by atoms with van der Waals surface area (Å²) in [5.41, 5.74) is 1.36. The normalized spacial score (nSPS) is 26.0. The zero-order valence-electron chi connectivity index (χ0n) is 14.6. The van der Waals surface area contributed by atoms with Crippen molar-refractivity contribution in [2.45, 2.75) is 57.1 Å². The largest absolute Gasteiger partial charge is 0.487 e. The van der Waals surface area contributed by atoms with Crippen LogP contribution in [0.5, 0.6) is 5.75 Å². The molecule has 0 unspecified atom stereocenters. The molecule has 130 valence electrons. The van der Waals surface area contributed by atoms with E-state index in [-0.39, 0.29) is 5.60 Å². The van der Waals surface area contributed by atoms with E-state index in [9.17, 15) is 4.79 Å². The van der Waals surface area contributed by atoms with Gasteiger partial charge in [-0.2, -0.15) is 0 Å². The van der Waals surface area contributed by atoms with Crippen LogP contribution >= 0.6 is 0 Å². The Hall–Kier alpha value is -1.55. The van der Waals surface area contributed by atoms with Crippen molar-refractivity contribution in [1.82, 2.24) is 10.2 Å². The molecule has 4 heteroatoms. The number of carbonyl (C=O) groups excluding carboxylic acids is 1. The van der Waals surface area contributed by atoms with E-state index < -0.39 is 0 Å². The van der Waals surface area contributed by atoms with Gasteiger partial charge in [0.2, 0.25) is 5.91 Å². The van der Waals surface area contributed by atoms with Crippen molar-refractivity contribution in [1.29, 1.82) is 0 Å². The van der Waals surface area contributed by atoms with Gasteiger partial charge < -0.3 is 15.0 Å². The zero-order chi connectivity index (χ0) is 16.6. The number of nitrogens with one attached hydrogen (secondary N) is 1. The van der Waals surface area contributed by atoms with Gasteiger partial charge in [-0.25, -0.2) is 0 Å². The van der Waals surface area contributed by atoms with Crippen molar-refractivity contribution in [3.63, 3.8) is 0 Å². The van der Waals surface area contributed by atoms with Gasteiger partial charge >= 0.3 is 0 Å². The summed E-state index contributed by atoms with van der Waals surface area (Å²) in [5, 5.41) is 3.77. The molecular weight excluding hydrogens is 300 g/mol. The maximum Gasteiger partial charge on any atom is 0.222 e. The molecule has 2 heterocycles. The molecule has 1 aromatic rings. The van der Waals surface area contributed by atoms with Gasteiger partial charge in [0.15, 0.2) is 0 Å². The van der Waals surface area contributed by atoms with E-state index in [1.165, 1.54) is 24.8 Å². The summed E-state index contributed by atoms with van der Waals surface area (Å²) in [7, 11) is 0. The predicted octanol–water partition coefficient (Wildman–Crippen LogP) is 3.28. The number of rotatable bonds is 5. The summed E-state index contributed by atoms with van der Waals surface area (Å²) in [6, 6.07) is 8.83. The fraction of sp³-hybridized carbons (Fsp3) is 0.650. The molecule has 0 radical (unpaired) electrons. The molecule has 4 nitrogen and oxygen atoms in total. The third-order valence-corrected chi connectivity index (χ3v) is 5.88. The number of ether oxygens (including phenoxy) is 1. The van der Waals surface area contributed by atoms with Crippen molar-refractivity contribution < 1.29 is 9.53 Å². The van der Waals surface area contributed by atoms with Crippen LogP contribution in [0.4, 0.5) is 0 Å². The van der Waals surface area contributed by atoms with Gasteiger partial charge in [-0.15, -0.1) is 0 Å². The van der Waals surface area contributed by atoms with Crippen LogP contribution in [0.2, 0.25) is 0 Å². The first kappa shape index (κ1) is 15.9. The minimum absolute atomic E-state index is 0.0696. The minimum atomic E-state index is 0.0696. The standard InChI is InChI=1S/C20H28N2O2/c1-15(14-22-11-4-8-19(22)23)13-21-17-12-20(9-5-10-20)24-18-7-3-2-6-16(17)18/h2-3,6-7,15,17,21H,4-5,8-14H2,1H3/t15-,17-/m0/s1. The summed E-state index contributed by atoms with van der Waals surface area (Å²) < 4.78 is 6.32. The fourth-order valence-electron chi connectivity index (χ4n) is 4.36. The maximum absolute atomic E-state index is 11.8. The Morgan fingerprint density at radius 2 is 2.17 bits per heavy atom. The summed E-state index contributed by atoms with van der Waals surface area (Å²) in [6.45, 7) is 5.00. The molecule has 1 saturated carbocycles. The molecule has 24 heavy (non-hydrogen) atoms. The number of nitrogens with zero attached hydrogens (tertiary/aromatic N) is 1. The van der Waals surface area contributed by atoms with E-state index in [0.29, 0.717) is 17.9 Å². The number of likely N-dealkylation sites (tertiary alicyclic amines) is 1. The van der Waals surface area contributed by atoms with Gasteiger partial charge in [0.25, 0.3) is 0 Å². The molecule has 1 aliphatic carbocycles. The second kappa shape index (κ2) is 6.40. The average Bonchev–Trinajstić information content (AvgIpc) is 2.96. The highest BCUT2D eigenvalue weighted by Crippen LogP contribution is 2.48. The van der Waals surface area contributed by atoms with Crippen LogP contribution in [-0.2, 0) is 4.79 Å². The van der Waals surface area contributed by atoms with Gasteiger partial charge in [-0.3, -0.25) is 4.79 Å². The van der Waals surface area contributed by atoms with E-state index in [2.05, 4.69) is 36.5 Å². The van der Waals surface area contributed by atoms with Crippen molar-refractivity contribution >= 4 is 5.91 Å². The number of hydrogen-bond donors (Lipinski definition) is 1. The summed E-state index contributed by atoms with van der Waals surface area (Å²) >= 11 is 0. The number of amides is 1. The molecule has 4 rings (SSSR count). The van der Waals surface area contributed by atoms with Gasteiger partial charge in [0.1, 0.15) is 11.4 Å². The van der Waals surface area contributed by atoms with E-state index in [4.69, 9.17) is 4.74 Å². The first-order valence-corrected chi connectivity index (χ1v) is 9.44. The van der Waals surface area contributed by atoms with Crippen molar-refractivity contribution in [2.24, 2.45) is 5.92 Å². The van der Waals surface area contributed by atoms with E-state index in [1.807, 2.05) is 4.90 Å². The van der Waals surface area contributed by atoms with Crippen molar-refractivity contribution in [2.75, 3.05) is 19.6 Å². The van der Waals surface area contributed by atoms with Gasteiger partial charge in [0, 0.05) is 37.5 Å². The number of carbonyl (C=O) groups is 1. The number of fused-ring (bicyclic) bond motifs is 1. The summed E-state index contributed by atoms with van der Waals surface area (Å²) in [6.07, 6.45) is 6.46. The summed E-state index contributed by atoms with van der Waals surface area (Å²) in [4.78, 5) is 13.8. The predicted molar refractivity (Wildman–Crippen MR) is 94.0 cm³/mol. The van der Waals surface area contributed by atoms with Gasteiger partial charge in [0.05, 0.1) is 0 Å². The van der Waals surface area contributed by atoms with Crippen LogP contribution < -0.4 is 10.1 Å². The molecule has 1 amide bonds. The molecular formula is C20H28N2O2. The number of benzene rings is 1. The highest BCUT2D eigenvalue weighted by Gasteiger charge is 2.45. The maximum atomic E-state index is 11.8. The van der Waals surface area contributed by atoms with E-state index in [1.54, 1.807) is 0 Å². The zero-order valence-corrected chi connectivity index (χ0v) is 14.6. The van der Waals surface area contributed by atoms with E-state index >= 15 is 0 Å². The van der Waals surface area contributed by atoms with Crippen LogP contribution in [0.15, 0.2) is 24.3 Å². The van der Waals surface area contributed by atoms with Gasteiger partial charge in [-0.1, -0.05) is 25.1 Å². The Morgan fingerprint density at radius 3 is 2.88 bits per heavy atom. The van der Waals surface area contributed by atoms with Gasteiger partial charge in [-0.05, 0) is 44.2 Å². The van der Waals surface area contributed by atoms with Crippen LogP contribution in [0.3, 0.4) is 0 Å². The first-order valence-electron chi connectivity index (χ1n) is 9.44. The second-order valence-electron chi connectivity index (χ2n) is 7.89. The Bertz CT molecular complexity index is 611. The lowest BCUT2D eigenvalue weighted by molar-refractivity contribution is -0.128. The minimum Gasteiger partial charge on any atom is -0.487 e. The first-order chi connectivity index (χ1) is 11.7. The Labute approximate surface area is 144 Å². The Kier molecular flexibility index (Phi) is 4.25. The number of para-hydroxylation sites is 1. The summed E-state index contributed by atoms with van der Waals surface area (Å²) in [5.74, 6) is 1.86. The molecule has 1 aromatic carbocycles. The topological polar surface area (TPSA) is 41.6 Å². The highest BCUT2D eigenvalue weighted by molar-refractivity contribution is 5.78.